The highest BCUT2D eigenvalue weighted by Crippen LogP contribution is 2.47. The molecule has 2 aliphatic carbocycles. The standard InChI is InChI=1S/C39H47N5O9S/c1-5-25-21-39(25,36(47)43-54(49,50)28-14-15-28)42-33(45)31-20-27-22-44(31)35(46)32(38(2,3)4)41-37(48)52-17-9-16-51-26-12-8-11-23(18-26)29-19-24-10-6-7-13-30(24)40-34(29)53-27/h6-8,10-13,18-19,25,27-28,31-32H,5,9,14-17,20-22H2,1-4H3,(H,41,48)(H,42,45)(H,43,47)/t25-,27?,31+,32-,39?/m1/s1. The molecule has 3 heterocycles. The molecule has 288 valence electrons. The fraction of sp³-hybridized carbons (Fsp3) is 0.513. The summed E-state index contributed by atoms with van der Waals surface area (Å²) in [4.78, 5) is 61.9. The van der Waals surface area contributed by atoms with E-state index in [4.69, 9.17) is 19.2 Å². The van der Waals surface area contributed by atoms with E-state index < -0.39 is 68.2 Å². The Kier molecular flexibility index (Phi) is 9.96. The van der Waals surface area contributed by atoms with Gasteiger partial charge in [-0.15, -0.1) is 0 Å². The zero-order chi connectivity index (χ0) is 38.4. The fourth-order valence-electron chi connectivity index (χ4n) is 7.36. The third-order valence-corrected chi connectivity index (χ3v) is 12.5. The van der Waals surface area contributed by atoms with Gasteiger partial charge in [-0.25, -0.2) is 18.2 Å². The number of ether oxygens (including phenoxy) is 3. The van der Waals surface area contributed by atoms with Crippen molar-refractivity contribution in [3.8, 4) is 22.8 Å². The highest BCUT2D eigenvalue weighted by Gasteiger charge is 2.62. The molecule has 54 heavy (non-hydrogen) atoms. The SMILES string of the molecule is CC[C@@H]1CC1(NC(=O)[C@@H]1CC2CN1C(=O)[C@H](C(C)(C)C)NC(=O)OCCCOc1cccc(c1)-c1cc3ccccc3nc1O2)C(=O)NS(=O)(=O)C1CC1. The number of carbonyl (C=O) groups excluding carboxylic acids is 4. The maximum Gasteiger partial charge on any atom is 0.407 e. The molecule has 1 aromatic heterocycles. The van der Waals surface area contributed by atoms with Gasteiger partial charge in [-0.1, -0.05) is 64.4 Å². The first-order valence-electron chi connectivity index (χ1n) is 18.6. The van der Waals surface area contributed by atoms with Crippen LogP contribution in [0.4, 0.5) is 4.79 Å². The van der Waals surface area contributed by atoms with Gasteiger partial charge in [0.05, 0.1) is 30.5 Å². The molecule has 4 bridgehead atoms. The predicted molar refractivity (Wildman–Crippen MR) is 199 cm³/mol. The Morgan fingerprint density at radius 1 is 1.04 bits per heavy atom. The van der Waals surface area contributed by atoms with Crippen LogP contribution in [-0.4, -0.2) is 90.9 Å². The van der Waals surface area contributed by atoms with Gasteiger partial charge in [0.25, 0.3) is 5.91 Å². The second-order valence-electron chi connectivity index (χ2n) is 15.8. The molecule has 3 aromatic rings. The van der Waals surface area contributed by atoms with Crippen LogP contribution < -0.4 is 24.8 Å². The number of alkyl carbamates (subject to hydrolysis) is 1. The van der Waals surface area contributed by atoms with Crippen molar-refractivity contribution < 1.29 is 41.8 Å². The van der Waals surface area contributed by atoms with Crippen LogP contribution >= 0.6 is 0 Å². The first-order chi connectivity index (χ1) is 25.7. The molecule has 14 nitrogen and oxygen atoms in total. The van der Waals surface area contributed by atoms with E-state index in [1.54, 1.807) is 20.8 Å². The summed E-state index contributed by atoms with van der Waals surface area (Å²) in [7, 11) is -3.87. The monoisotopic (exact) mass is 761 g/mol. The van der Waals surface area contributed by atoms with Crippen LogP contribution in [0.5, 0.6) is 11.6 Å². The van der Waals surface area contributed by atoms with Crippen molar-refractivity contribution in [1.29, 1.82) is 0 Å². The van der Waals surface area contributed by atoms with E-state index in [9.17, 15) is 27.6 Å². The van der Waals surface area contributed by atoms with Gasteiger partial charge in [0, 0.05) is 23.8 Å². The van der Waals surface area contributed by atoms with E-state index in [0.29, 0.717) is 48.4 Å². The minimum absolute atomic E-state index is 0.0326. The summed E-state index contributed by atoms with van der Waals surface area (Å²) in [5.41, 5.74) is -0.100. The Hall–Kier alpha value is -4.92. The van der Waals surface area contributed by atoms with Crippen LogP contribution in [0.25, 0.3) is 22.0 Å². The molecule has 0 radical (unpaired) electrons. The quantitative estimate of drug-likeness (QED) is 0.331. The summed E-state index contributed by atoms with van der Waals surface area (Å²) in [6.07, 6.45) is 0.635. The van der Waals surface area contributed by atoms with E-state index >= 15 is 0 Å². The first kappa shape index (κ1) is 37.4. The average Bonchev–Trinajstić information content (AvgIpc) is 4.06. The summed E-state index contributed by atoms with van der Waals surface area (Å²) in [6, 6.07) is 14.9. The van der Waals surface area contributed by atoms with Crippen molar-refractivity contribution in [2.45, 2.75) is 95.2 Å². The number of hydrogen-bond donors (Lipinski definition) is 3. The maximum absolute atomic E-state index is 14.6. The Balaban J connectivity index is 1.25. The van der Waals surface area contributed by atoms with Crippen LogP contribution in [-0.2, 0) is 29.1 Å². The highest BCUT2D eigenvalue weighted by molar-refractivity contribution is 7.91. The molecule has 2 unspecified atom stereocenters. The number of rotatable bonds is 6. The number of para-hydroxylation sites is 1. The lowest BCUT2D eigenvalue weighted by Crippen LogP contribution is -2.60. The minimum Gasteiger partial charge on any atom is -0.493 e. The number of benzene rings is 2. The van der Waals surface area contributed by atoms with Crippen molar-refractivity contribution in [3.63, 3.8) is 0 Å². The molecule has 4 amide bonds. The number of cyclic esters (lactones) is 1. The molecule has 7 rings (SSSR count). The highest BCUT2D eigenvalue weighted by atomic mass is 32.2. The third kappa shape index (κ3) is 7.68. The summed E-state index contributed by atoms with van der Waals surface area (Å²) in [5.74, 6) is -1.32. The van der Waals surface area contributed by atoms with Gasteiger partial charge in [-0.2, -0.15) is 0 Å². The lowest BCUT2D eigenvalue weighted by atomic mass is 9.85. The van der Waals surface area contributed by atoms with Crippen LogP contribution in [0.1, 0.15) is 66.2 Å². The van der Waals surface area contributed by atoms with Gasteiger partial charge in [0.1, 0.15) is 29.5 Å². The minimum atomic E-state index is -3.87. The van der Waals surface area contributed by atoms with E-state index in [1.165, 1.54) is 4.90 Å². The maximum atomic E-state index is 14.6. The van der Waals surface area contributed by atoms with Crippen LogP contribution in [0.2, 0.25) is 0 Å². The zero-order valence-electron chi connectivity index (χ0n) is 30.9. The van der Waals surface area contributed by atoms with Crippen LogP contribution in [0, 0.1) is 11.3 Å². The number of aromatic nitrogens is 1. The molecule has 1 saturated heterocycles. The number of fused-ring (bicyclic) bond motifs is 7. The van der Waals surface area contributed by atoms with E-state index in [1.807, 2.05) is 61.5 Å². The second kappa shape index (κ2) is 14.4. The Morgan fingerprint density at radius 2 is 1.80 bits per heavy atom. The second-order valence-corrected chi connectivity index (χ2v) is 17.7. The number of carbonyl (C=O) groups is 4. The van der Waals surface area contributed by atoms with Crippen LogP contribution in [0.15, 0.2) is 54.6 Å². The number of hydrogen-bond acceptors (Lipinski definition) is 10. The molecule has 2 aromatic carbocycles. The number of amides is 4. The molecular formula is C39H47N5O9S. The Bertz CT molecular complexity index is 2080. The first-order valence-corrected chi connectivity index (χ1v) is 20.1. The largest absolute Gasteiger partial charge is 0.493 e. The third-order valence-electron chi connectivity index (χ3n) is 10.7. The smallest absolute Gasteiger partial charge is 0.407 e. The topological polar surface area (TPSA) is 182 Å². The Labute approximate surface area is 314 Å². The average molecular weight is 762 g/mol. The van der Waals surface area contributed by atoms with Gasteiger partial charge in [-0.05, 0) is 60.4 Å². The lowest BCUT2D eigenvalue weighted by molar-refractivity contribution is -0.143. The van der Waals surface area contributed by atoms with Gasteiger partial charge in [-0.3, -0.25) is 19.1 Å². The van der Waals surface area contributed by atoms with Crippen molar-refractivity contribution >= 4 is 44.7 Å². The van der Waals surface area contributed by atoms with Gasteiger partial charge in [0.2, 0.25) is 27.7 Å². The van der Waals surface area contributed by atoms with Gasteiger partial charge in [0.15, 0.2) is 0 Å². The number of pyridine rings is 1. The number of nitrogens with zero attached hydrogens (tertiary/aromatic N) is 2. The molecule has 4 aliphatic rings. The Morgan fingerprint density at radius 3 is 2.52 bits per heavy atom. The number of nitrogens with one attached hydrogen (secondary N) is 3. The fourth-order valence-corrected chi connectivity index (χ4v) is 8.73. The molecule has 3 N–H and O–H groups in total. The van der Waals surface area contributed by atoms with E-state index in [-0.39, 0.29) is 38.5 Å². The summed E-state index contributed by atoms with van der Waals surface area (Å²) >= 11 is 0. The van der Waals surface area contributed by atoms with Gasteiger partial charge >= 0.3 is 6.09 Å². The molecule has 0 spiro atoms. The summed E-state index contributed by atoms with van der Waals surface area (Å²) in [6.45, 7) is 7.53. The summed E-state index contributed by atoms with van der Waals surface area (Å²) < 4.78 is 45.8. The van der Waals surface area contributed by atoms with Gasteiger partial charge < -0.3 is 29.7 Å². The lowest BCUT2D eigenvalue weighted by Gasteiger charge is -2.35. The van der Waals surface area contributed by atoms with E-state index in [2.05, 4.69) is 15.4 Å². The molecule has 3 fully saturated rings. The summed E-state index contributed by atoms with van der Waals surface area (Å²) in [5, 5.41) is 5.86. The predicted octanol–water partition coefficient (Wildman–Crippen LogP) is 4.07. The van der Waals surface area contributed by atoms with Crippen molar-refractivity contribution in [1.82, 2.24) is 25.2 Å². The van der Waals surface area contributed by atoms with Crippen LogP contribution in [0.3, 0.4) is 0 Å². The van der Waals surface area contributed by atoms with Crippen molar-refractivity contribution in [2.24, 2.45) is 11.3 Å². The molecule has 15 heteroatoms. The molecule has 2 saturated carbocycles. The van der Waals surface area contributed by atoms with E-state index in [0.717, 1.165) is 10.9 Å². The number of sulfonamides is 1. The molecular weight excluding hydrogens is 715 g/mol. The molecule has 5 atom stereocenters. The normalized spacial score (nSPS) is 26.2. The van der Waals surface area contributed by atoms with Crippen molar-refractivity contribution in [2.75, 3.05) is 19.8 Å². The molecule has 2 aliphatic heterocycles. The van der Waals surface area contributed by atoms with Crippen molar-refractivity contribution in [3.05, 3.63) is 54.6 Å². The zero-order valence-corrected chi connectivity index (χ0v) is 31.7.